The molecule has 1 spiro atoms. The number of ether oxygens (including phenoxy) is 1. The maximum atomic E-state index is 14.1. The van der Waals surface area contributed by atoms with E-state index in [1.165, 1.54) is 4.90 Å². The van der Waals surface area contributed by atoms with Crippen LogP contribution in [-0.4, -0.2) is 94.1 Å². The molecule has 3 fully saturated rings. The number of rotatable bonds is 12. The number of unbranched alkanes of at least 4 members (excludes halogenated alkanes) is 2. The molecule has 3 heterocycles. The SMILES string of the molecule is C=CCN(C)C(=O)[C@H]1[C@H]2C(=O)N([C@H](C)CO)C(C(=O)N(CC=C)CCCCC)C23CC[C@]1(C)O3. The number of likely N-dealkylation sites (tertiary alicyclic amines) is 1. The Morgan fingerprint density at radius 3 is 2.50 bits per heavy atom. The molecule has 3 amide bonds. The van der Waals surface area contributed by atoms with E-state index < -0.39 is 35.1 Å². The van der Waals surface area contributed by atoms with Gasteiger partial charge in [0.25, 0.3) is 0 Å². The lowest BCUT2D eigenvalue weighted by Crippen LogP contribution is -2.58. The predicted octanol–water partition coefficient (Wildman–Crippen LogP) is 1.98. The number of likely N-dealkylation sites (N-methyl/N-ethyl adjacent to an activating group) is 1. The highest BCUT2D eigenvalue weighted by Gasteiger charge is 2.78. The van der Waals surface area contributed by atoms with Crippen LogP contribution < -0.4 is 0 Å². The van der Waals surface area contributed by atoms with Gasteiger partial charge in [-0.05, 0) is 33.1 Å². The second-order valence-electron chi connectivity index (χ2n) is 10.3. The zero-order chi connectivity index (χ0) is 25.3. The van der Waals surface area contributed by atoms with Crippen molar-refractivity contribution in [2.75, 3.05) is 33.3 Å². The van der Waals surface area contributed by atoms with Crippen LogP contribution in [0.5, 0.6) is 0 Å². The van der Waals surface area contributed by atoms with Gasteiger partial charge in [-0.15, -0.1) is 13.2 Å². The summed E-state index contributed by atoms with van der Waals surface area (Å²) in [7, 11) is 1.70. The number of nitrogens with zero attached hydrogens (tertiary/aromatic N) is 3. The lowest BCUT2D eigenvalue weighted by atomic mass is 9.66. The quantitative estimate of drug-likeness (QED) is 0.344. The van der Waals surface area contributed by atoms with E-state index in [2.05, 4.69) is 20.1 Å². The van der Waals surface area contributed by atoms with E-state index in [1.807, 2.05) is 6.92 Å². The minimum atomic E-state index is -1.08. The molecule has 3 aliphatic rings. The molecule has 8 nitrogen and oxygen atoms in total. The zero-order valence-corrected chi connectivity index (χ0v) is 21.2. The minimum Gasteiger partial charge on any atom is -0.394 e. The van der Waals surface area contributed by atoms with Crippen molar-refractivity contribution in [3.63, 3.8) is 0 Å². The first-order valence-electron chi connectivity index (χ1n) is 12.5. The Balaban J connectivity index is 2.05. The molecule has 0 aliphatic carbocycles. The third-order valence-corrected chi connectivity index (χ3v) is 7.93. The summed E-state index contributed by atoms with van der Waals surface area (Å²) in [6.07, 6.45) is 7.34. The third-order valence-electron chi connectivity index (χ3n) is 7.93. The highest BCUT2D eigenvalue weighted by atomic mass is 16.5. The summed E-state index contributed by atoms with van der Waals surface area (Å²) in [5.74, 6) is -2.07. The summed E-state index contributed by atoms with van der Waals surface area (Å²) < 4.78 is 6.63. The third kappa shape index (κ3) is 4.09. The summed E-state index contributed by atoms with van der Waals surface area (Å²) in [6.45, 7) is 14.3. The van der Waals surface area contributed by atoms with E-state index in [1.54, 1.807) is 35.9 Å². The molecule has 0 aromatic carbocycles. The van der Waals surface area contributed by atoms with Crippen LogP contribution in [0.25, 0.3) is 0 Å². The molecule has 6 atom stereocenters. The zero-order valence-electron chi connectivity index (χ0n) is 21.2. The molecular weight excluding hydrogens is 434 g/mol. The molecule has 2 bridgehead atoms. The normalized spacial score (nSPS) is 32.4. The van der Waals surface area contributed by atoms with Crippen LogP contribution in [0.2, 0.25) is 0 Å². The Bertz CT molecular complexity index is 831. The molecule has 1 N–H and O–H groups in total. The number of hydrogen-bond acceptors (Lipinski definition) is 5. The fraction of sp³-hybridized carbons (Fsp3) is 0.731. The number of aliphatic hydroxyl groups excluding tert-OH is 1. The number of carbonyl (C=O) groups excluding carboxylic acids is 3. The lowest BCUT2D eigenvalue weighted by Gasteiger charge is -2.38. The summed E-state index contributed by atoms with van der Waals surface area (Å²) in [6, 6.07) is -1.45. The molecule has 190 valence electrons. The van der Waals surface area contributed by atoms with E-state index in [9.17, 15) is 19.5 Å². The van der Waals surface area contributed by atoms with Gasteiger partial charge >= 0.3 is 0 Å². The molecule has 0 saturated carbocycles. The van der Waals surface area contributed by atoms with Gasteiger partial charge in [0.1, 0.15) is 11.6 Å². The maximum absolute atomic E-state index is 14.1. The van der Waals surface area contributed by atoms with Crippen LogP contribution >= 0.6 is 0 Å². The first-order chi connectivity index (χ1) is 16.1. The van der Waals surface area contributed by atoms with Crippen LogP contribution in [0, 0.1) is 11.8 Å². The molecule has 3 saturated heterocycles. The topological polar surface area (TPSA) is 90.4 Å². The van der Waals surface area contributed by atoms with Gasteiger partial charge in [0.15, 0.2) is 0 Å². The number of aliphatic hydroxyl groups is 1. The standard InChI is InChI=1S/C26H41N3O5/c1-7-10-11-16-28(15-9-3)24(33)21-26-13-12-25(5,34-26)19(22(31)27(6)14-8-2)20(26)23(32)29(21)18(4)17-30/h8-9,18-21,30H,2-3,7,10-17H2,1,4-6H3/t18-,19-,20+,21?,25+,26?/m1/s1. The Kier molecular flexibility index (Phi) is 7.92. The molecule has 0 radical (unpaired) electrons. The average molecular weight is 476 g/mol. The first kappa shape index (κ1) is 26.4. The highest BCUT2D eigenvalue weighted by Crippen LogP contribution is 2.63. The van der Waals surface area contributed by atoms with E-state index in [-0.39, 0.29) is 24.3 Å². The van der Waals surface area contributed by atoms with Gasteiger partial charge in [-0.3, -0.25) is 14.4 Å². The predicted molar refractivity (Wildman–Crippen MR) is 130 cm³/mol. The van der Waals surface area contributed by atoms with E-state index in [0.717, 1.165) is 19.3 Å². The van der Waals surface area contributed by atoms with Crippen molar-refractivity contribution in [2.24, 2.45) is 11.8 Å². The number of amides is 3. The summed E-state index contributed by atoms with van der Waals surface area (Å²) in [5.41, 5.74) is -1.89. The van der Waals surface area contributed by atoms with Crippen molar-refractivity contribution >= 4 is 17.7 Å². The van der Waals surface area contributed by atoms with Crippen LogP contribution in [0.15, 0.2) is 25.3 Å². The van der Waals surface area contributed by atoms with Crippen LogP contribution in [0.3, 0.4) is 0 Å². The maximum Gasteiger partial charge on any atom is 0.248 e. The minimum absolute atomic E-state index is 0.169. The van der Waals surface area contributed by atoms with E-state index in [0.29, 0.717) is 32.5 Å². The van der Waals surface area contributed by atoms with Crippen LogP contribution in [0.1, 0.15) is 52.9 Å². The second-order valence-corrected chi connectivity index (χ2v) is 10.3. The Hall–Kier alpha value is -2.19. The summed E-state index contributed by atoms with van der Waals surface area (Å²) >= 11 is 0. The Morgan fingerprint density at radius 1 is 1.24 bits per heavy atom. The largest absolute Gasteiger partial charge is 0.394 e. The molecule has 3 aliphatic heterocycles. The number of hydrogen-bond donors (Lipinski definition) is 1. The molecular formula is C26H41N3O5. The molecule has 2 unspecified atom stereocenters. The van der Waals surface area contributed by atoms with Gasteiger partial charge in [0.2, 0.25) is 17.7 Å². The Morgan fingerprint density at radius 2 is 1.91 bits per heavy atom. The summed E-state index contributed by atoms with van der Waals surface area (Å²) in [5, 5.41) is 9.98. The molecule has 0 aromatic rings. The van der Waals surface area contributed by atoms with Crippen molar-refractivity contribution < 1.29 is 24.2 Å². The van der Waals surface area contributed by atoms with Crippen LogP contribution in [-0.2, 0) is 19.1 Å². The monoisotopic (exact) mass is 475 g/mol. The highest BCUT2D eigenvalue weighted by molar-refractivity contribution is 5.99. The van der Waals surface area contributed by atoms with Gasteiger partial charge in [-0.25, -0.2) is 0 Å². The van der Waals surface area contributed by atoms with E-state index in [4.69, 9.17) is 4.74 Å². The Labute approximate surface area is 203 Å². The van der Waals surface area contributed by atoms with Crippen molar-refractivity contribution in [1.82, 2.24) is 14.7 Å². The lowest BCUT2D eigenvalue weighted by molar-refractivity contribution is -0.155. The number of carbonyl (C=O) groups is 3. The average Bonchev–Trinajstić information content (AvgIpc) is 3.38. The van der Waals surface area contributed by atoms with Gasteiger partial charge in [0, 0.05) is 26.7 Å². The fourth-order valence-corrected chi connectivity index (χ4v) is 6.28. The van der Waals surface area contributed by atoms with Gasteiger partial charge < -0.3 is 24.5 Å². The first-order valence-corrected chi connectivity index (χ1v) is 12.5. The van der Waals surface area contributed by atoms with E-state index >= 15 is 0 Å². The van der Waals surface area contributed by atoms with Crippen molar-refractivity contribution in [1.29, 1.82) is 0 Å². The molecule has 34 heavy (non-hydrogen) atoms. The summed E-state index contributed by atoms with van der Waals surface area (Å²) in [4.78, 5) is 46.3. The molecule has 0 aromatic heterocycles. The number of fused-ring (bicyclic) bond motifs is 1. The fourth-order valence-electron chi connectivity index (χ4n) is 6.28. The van der Waals surface area contributed by atoms with Crippen molar-refractivity contribution in [3.05, 3.63) is 25.3 Å². The molecule has 8 heteroatoms. The molecule has 3 rings (SSSR count). The smallest absolute Gasteiger partial charge is 0.248 e. The van der Waals surface area contributed by atoms with Gasteiger partial charge in [-0.1, -0.05) is 31.9 Å². The van der Waals surface area contributed by atoms with Crippen molar-refractivity contribution in [3.8, 4) is 0 Å². The van der Waals surface area contributed by atoms with Crippen LogP contribution in [0.4, 0.5) is 0 Å². The van der Waals surface area contributed by atoms with Crippen molar-refractivity contribution in [2.45, 2.75) is 76.2 Å². The van der Waals surface area contributed by atoms with Gasteiger partial charge in [-0.2, -0.15) is 0 Å². The van der Waals surface area contributed by atoms with Gasteiger partial charge in [0.05, 0.1) is 30.1 Å². The second kappa shape index (κ2) is 10.2.